The molecule has 2 rings (SSSR count). The van der Waals surface area contributed by atoms with Crippen LogP contribution in [0, 0.1) is 0 Å². The molecule has 2 aliphatic heterocycles. The fraction of sp³-hybridized carbons (Fsp3) is 0.900. The van der Waals surface area contributed by atoms with Gasteiger partial charge in [0.2, 0.25) is 0 Å². The highest BCUT2D eigenvalue weighted by atomic mass is 35.5. The maximum atomic E-state index is 11.6. The van der Waals surface area contributed by atoms with Crippen molar-refractivity contribution in [2.45, 2.75) is 50.4 Å². The van der Waals surface area contributed by atoms with Crippen molar-refractivity contribution in [1.82, 2.24) is 0 Å². The number of rotatable bonds is 2. The van der Waals surface area contributed by atoms with E-state index in [1.807, 2.05) is 0 Å². The lowest BCUT2D eigenvalue weighted by molar-refractivity contribution is -0.156. The summed E-state index contributed by atoms with van der Waals surface area (Å²) in [6.07, 6.45) is 3.63. The molecule has 0 aliphatic carbocycles. The highest BCUT2D eigenvalue weighted by molar-refractivity contribution is 5.85. The molecule has 0 radical (unpaired) electrons. The first kappa shape index (κ1) is 12.7. The predicted octanol–water partition coefficient (Wildman–Crippen LogP) is 1.01. The second-order valence-electron chi connectivity index (χ2n) is 4.24. The van der Waals surface area contributed by atoms with Gasteiger partial charge in [-0.15, -0.1) is 12.4 Å². The number of nitrogens with two attached hydrogens (primary N) is 1. The summed E-state index contributed by atoms with van der Waals surface area (Å²) < 4.78 is 10.6. The lowest BCUT2D eigenvalue weighted by atomic mass is 9.87. The Morgan fingerprint density at radius 1 is 1.47 bits per heavy atom. The summed E-state index contributed by atoms with van der Waals surface area (Å²) in [4.78, 5) is 11.6. The Morgan fingerprint density at radius 2 is 2.00 bits per heavy atom. The van der Waals surface area contributed by atoms with Crippen LogP contribution < -0.4 is 5.73 Å². The van der Waals surface area contributed by atoms with Gasteiger partial charge in [-0.3, -0.25) is 4.79 Å². The molecular weight excluding hydrogens is 218 g/mol. The molecule has 5 heteroatoms. The van der Waals surface area contributed by atoms with E-state index < -0.39 is 5.54 Å². The molecule has 0 spiro atoms. The van der Waals surface area contributed by atoms with Crippen molar-refractivity contribution in [3.63, 3.8) is 0 Å². The van der Waals surface area contributed by atoms with Gasteiger partial charge in [-0.1, -0.05) is 0 Å². The van der Waals surface area contributed by atoms with Crippen LogP contribution in [0.25, 0.3) is 0 Å². The van der Waals surface area contributed by atoms with Crippen LogP contribution in [0.15, 0.2) is 0 Å². The minimum absolute atomic E-state index is 0. The van der Waals surface area contributed by atoms with Crippen LogP contribution in [0.4, 0.5) is 0 Å². The van der Waals surface area contributed by atoms with Crippen LogP contribution in [-0.2, 0) is 14.3 Å². The van der Waals surface area contributed by atoms with Crippen molar-refractivity contribution in [3.8, 4) is 0 Å². The minimum Gasteiger partial charge on any atom is -0.465 e. The molecule has 2 fully saturated rings. The summed E-state index contributed by atoms with van der Waals surface area (Å²) >= 11 is 0. The van der Waals surface area contributed by atoms with Gasteiger partial charge in [0.25, 0.3) is 0 Å². The van der Waals surface area contributed by atoms with Gasteiger partial charge < -0.3 is 15.2 Å². The predicted molar refractivity (Wildman–Crippen MR) is 57.9 cm³/mol. The number of carbonyl (C=O) groups is 1. The van der Waals surface area contributed by atoms with Gasteiger partial charge in [-0.25, -0.2) is 0 Å². The summed E-state index contributed by atoms with van der Waals surface area (Å²) in [7, 11) is 0. The van der Waals surface area contributed by atoms with Gasteiger partial charge >= 0.3 is 5.97 Å². The average molecular weight is 236 g/mol. The van der Waals surface area contributed by atoms with Gasteiger partial charge in [0.1, 0.15) is 5.54 Å². The van der Waals surface area contributed by atoms with Gasteiger partial charge in [0, 0.05) is 12.8 Å². The van der Waals surface area contributed by atoms with E-state index >= 15 is 0 Å². The topological polar surface area (TPSA) is 61.5 Å². The van der Waals surface area contributed by atoms with Gasteiger partial charge in [0.15, 0.2) is 0 Å². The third kappa shape index (κ3) is 2.44. The van der Waals surface area contributed by atoms with Crippen molar-refractivity contribution in [1.29, 1.82) is 0 Å². The first-order valence-electron chi connectivity index (χ1n) is 5.25. The molecule has 0 amide bonds. The smallest absolute Gasteiger partial charge is 0.326 e. The molecule has 88 valence electrons. The van der Waals surface area contributed by atoms with Crippen molar-refractivity contribution in [2.24, 2.45) is 5.73 Å². The highest BCUT2D eigenvalue weighted by Gasteiger charge is 2.47. The second-order valence-corrected chi connectivity index (χ2v) is 4.24. The van der Waals surface area contributed by atoms with Crippen molar-refractivity contribution in [2.75, 3.05) is 6.61 Å². The maximum Gasteiger partial charge on any atom is 0.326 e. The Bertz CT molecular complexity index is 235. The molecule has 2 saturated heterocycles. The van der Waals surface area contributed by atoms with Gasteiger partial charge in [0.05, 0.1) is 18.8 Å². The summed E-state index contributed by atoms with van der Waals surface area (Å²) in [5, 5.41) is 0. The molecule has 15 heavy (non-hydrogen) atoms. The molecule has 0 aromatic heterocycles. The summed E-state index contributed by atoms with van der Waals surface area (Å²) in [6.45, 7) is 2.20. The van der Waals surface area contributed by atoms with Crippen molar-refractivity contribution in [3.05, 3.63) is 0 Å². The number of halogens is 1. The van der Waals surface area contributed by atoms with E-state index in [-0.39, 0.29) is 30.6 Å². The zero-order valence-corrected chi connectivity index (χ0v) is 9.72. The molecule has 2 N–H and O–H groups in total. The minimum atomic E-state index is -0.792. The Hall–Kier alpha value is -0.320. The molecule has 2 unspecified atom stereocenters. The van der Waals surface area contributed by atoms with E-state index in [0.29, 0.717) is 19.4 Å². The molecule has 2 atom stereocenters. The maximum absolute atomic E-state index is 11.6. The van der Waals surface area contributed by atoms with Crippen LogP contribution >= 0.6 is 12.4 Å². The van der Waals surface area contributed by atoms with Crippen LogP contribution in [0.5, 0.6) is 0 Å². The molecule has 0 aromatic carbocycles. The fourth-order valence-corrected chi connectivity index (χ4v) is 2.42. The third-order valence-electron chi connectivity index (χ3n) is 3.06. The second kappa shape index (κ2) is 4.68. The number of hydrogen-bond acceptors (Lipinski definition) is 4. The standard InChI is InChI=1S/C10H17NO3.ClH/c1-2-13-9(12)10(11)5-7-3-4-8(6-10)14-7;/h7-8H,2-6,11H2,1H3;1H. The van der Waals surface area contributed by atoms with E-state index in [0.717, 1.165) is 12.8 Å². The molecule has 4 nitrogen and oxygen atoms in total. The number of carbonyl (C=O) groups excluding carboxylic acids is 1. The first-order chi connectivity index (χ1) is 6.64. The molecule has 0 aromatic rings. The summed E-state index contributed by atoms with van der Waals surface area (Å²) in [5.41, 5.74) is 5.26. The van der Waals surface area contributed by atoms with Crippen LogP contribution in [0.2, 0.25) is 0 Å². The van der Waals surface area contributed by atoms with Gasteiger partial charge in [-0.2, -0.15) is 0 Å². The zero-order chi connectivity index (χ0) is 10.2. The normalized spacial score (nSPS) is 38.3. The molecule has 0 saturated carbocycles. The van der Waals surface area contributed by atoms with E-state index in [1.54, 1.807) is 6.92 Å². The van der Waals surface area contributed by atoms with Crippen LogP contribution in [0.3, 0.4) is 0 Å². The molecular formula is C10H18ClNO3. The molecule has 2 aliphatic rings. The number of hydrogen-bond donors (Lipinski definition) is 1. The fourth-order valence-electron chi connectivity index (χ4n) is 2.42. The number of esters is 1. The summed E-state index contributed by atoms with van der Waals surface area (Å²) in [6, 6.07) is 0. The quantitative estimate of drug-likeness (QED) is 0.726. The average Bonchev–Trinajstić information content (AvgIpc) is 2.46. The SMILES string of the molecule is CCOC(=O)C1(N)CC2CCC(C1)O2.Cl. The van der Waals surface area contributed by atoms with Gasteiger partial charge in [-0.05, 0) is 19.8 Å². The zero-order valence-electron chi connectivity index (χ0n) is 8.90. The third-order valence-corrected chi connectivity index (χ3v) is 3.06. The molecule has 2 bridgehead atoms. The van der Waals surface area contributed by atoms with Crippen molar-refractivity contribution < 1.29 is 14.3 Å². The Morgan fingerprint density at radius 3 is 2.47 bits per heavy atom. The van der Waals surface area contributed by atoms with Crippen molar-refractivity contribution >= 4 is 18.4 Å². The number of fused-ring (bicyclic) bond motifs is 2. The van der Waals surface area contributed by atoms with Crippen LogP contribution in [0.1, 0.15) is 32.6 Å². The molecule has 2 heterocycles. The van der Waals surface area contributed by atoms with E-state index in [1.165, 1.54) is 0 Å². The monoisotopic (exact) mass is 235 g/mol. The van der Waals surface area contributed by atoms with E-state index in [9.17, 15) is 4.79 Å². The van der Waals surface area contributed by atoms with Crippen LogP contribution in [-0.4, -0.2) is 30.3 Å². The summed E-state index contributed by atoms with van der Waals surface area (Å²) in [5.74, 6) is -0.264. The lowest BCUT2D eigenvalue weighted by Gasteiger charge is -2.35. The van der Waals surface area contributed by atoms with E-state index in [2.05, 4.69) is 0 Å². The Kier molecular flexibility index (Phi) is 3.98. The number of ether oxygens (including phenoxy) is 2. The Balaban J connectivity index is 0.00000112. The largest absolute Gasteiger partial charge is 0.465 e. The Labute approximate surface area is 95.9 Å². The lowest BCUT2D eigenvalue weighted by Crippen LogP contribution is -2.55. The van der Waals surface area contributed by atoms with E-state index in [4.69, 9.17) is 15.2 Å². The highest BCUT2D eigenvalue weighted by Crippen LogP contribution is 2.37. The first-order valence-corrected chi connectivity index (χ1v) is 5.25.